The fraction of sp³-hybridized carbons (Fsp3) is 0.167. The number of benzene rings is 1. The minimum Gasteiger partial charge on any atom is -0.478 e. The van der Waals surface area contributed by atoms with E-state index < -0.39 is 0 Å². The largest absolute Gasteiger partial charge is 0.478 e. The van der Waals surface area contributed by atoms with Crippen molar-refractivity contribution in [1.82, 2.24) is 15.3 Å². The van der Waals surface area contributed by atoms with Crippen molar-refractivity contribution in [2.45, 2.75) is 13.5 Å². The first-order valence-electron chi connectivity index (χ1n) is 7.58. The van der Waals surface area contributed by atoms with Crippen molar-refractivity contribution in [1.29, 1.82) is 0 Å². The molecule has 1 N–H and O–H groups in total. The lowest BCUT2D eigenvalue weighted by Crippen LogP contribution is -2.23. The van der Waals surface area contributed by atoms with E-state index in [4.69, 9.17) is 16.3 Å². The van der Waals surface area contributed by atoms with Gasteiger partial charge in [-0.05, 0) is 30.7 Å². The first kappa shape index (κ1) is 16.2. The maximum atomic E-state index is 12.6. The zero-order chi connectivity index (χ0) is 16.9. The van der Waals surface area contributed by atoms with E-state index in [-0.39, 0.29) is 5.91 Å². The average Bonchev–Trinajstić information content (AvgIpc) is 2.59. The number of rotatable bonds is 5. The predicted octanol–water partition coefficient (Wildman–Crippen LogP) is 3.61. The van der Waals surface area contributed by atoms with Crippen LogP contribution in [0.2, 0.25) is 5.15 Å². The SMILES string of the molecule is CCOc1cc(CNC(=O)c2cc(Cl)nc3ccccc23)ccn1. The van der Waals surface area contributed by atoms with Crippen LogP contribution in [-0.4, -0.2) is 22.5 Å². The summed E-state index contributed by atoms with van der Waals surface area (Å²) in [5, 5.41) is 3.96. The van der Waals surface area contributed by atoms with E-state index in [1.807, 2.05) is 37.3 Å². The average molecular weight is 342 g/mol. The minimum absolute atomic E-state index is 0.203. The van der Waals surface area contributed by atoms with Crippen LogP contribution in [0.15, 0.2) is 48.7 Å². The van der Waals surface area contributed by atoms with Crippen LogP contribution < -0.4 is 10.1 Å². The van der Waals surface area contributed by atoms with Gasteiger partial charge in [0.2, 0.25) is 5.88 Å². The molecule has 2 heterocycles. The lowest BCUT2D eigenvalue weighted by molar-refractivity contribution is 0.0952. The molecule has 0 aliphatic rings. The van der Waals surface area contributed by atoms with Crippen molar-refractivity contribution in [2.24, 2.45) is 0 Å². The number of halogens is 1. The van der Waals surface area contributed by atoms with Gasteiger partial charge in [0.15, 0.2) is 0 Å². The molecule has 3 aromatic rings. The van der Waals surface area contributed by atoms with Crippen molar-refractivity contribution >= 4 is 28.4 Å². The molecule has 1 amide bonds. The van der Waals surface area contributed by atoms with E-state index in [2.05, 4.69) is 15.3 Å². The van der Waals surface area contributed by atoms with Crippen molar-refractivity contribution in [3.05, 3.63) is 64.9 Å². The van der Waals surface area contributed by atoms with Crippen molar-refractivity contribution in [2.75, 3.05) is 6.61 Å². The van der Waals surface area contributed by atoms with E-state index >= 15 is 0 Å². The second kappa shape index (κ2) is 7.27. The molecule has 1 aromatic carbocycles. The summed E-state index contributed by atoms with van der Waals surface area (Å²) >= 11 is 6.02. The fourth-order valence-corrected chi connectivity index (χ4v) is 2.60. The Labute approximate surface area is 144 Å². The van der Waals surface area contributed by atoms with Crippen LogP contribution in [0.1, 0.15) is 22.8 Å². The summed E-state index contributed by atoms with van der Waals surface area (Å²) < 4.78 is 5.36. The van der Waals surface area contributed by atoms with Crippen LogP contribution in [0.4, 0.5) is 0 Å². The zero-order valence-electron chi connectivity index (χ0n) is 13.1. The third-order valence-corrected chi connectivity index (χ3v) is 3.67. The fourth-order valence-electron chi connectivity index (χ4n) is 2.40. The van der Waals surface area contributed by atoms with E-state index in [1.165, 1.54) is 0 Å². The number of hydrogen-bond donors (Lipinski definition) is 1. The summed E-state index contributed by atoms with van der Waals surface area (Å²) in [7, 11) is 0. The highest BCUT2D eigenvalue weighted by Gasteiger charge is 2.12. The van der Waals surface area contributed by atoms with E-state index in [0.29, 0.717) is 35.3 Å². The number of para-hydroxylation sites is 1. The highest BCUT2D eigenvalue weighted by atomic mass is 35.5. The molecule has 122 valence electrons. The molecule has 0 radical (unpaired) electrons. The summed E-state index contributed by atoms with van der Waals surface area (Å²) in [6.07, 6.45) is 1.66. The smallest absolute Gasteiger partial charge is 0.252 e. The molecule has 0 unspecified atom stereocenters. The molecule has 0 saturated heterocycles. The highest BCUT2D eigenvalue weighted by Crippen LogP contribution is 2.21. The van der Waals surface area contributed by atoms with Gasteiger partial charge in [-0.1, -0.05) is 29.8 Å². The molecule has 0 spiro atoms. The molecular weight excluding hydrogens is 326 g/mol. The molecular formula is C18H16ClN3O2. The Morgan fingerprint density at radius 2 is 2.08 bits per heavy atom. The van der Waals surface area contributed by atoms with Gasteiger partial charge in [0.1, 0.15) is 5.15 Å². The number of pyridine rings is 2. The Morgan fingerprint density at radius 3 is 2.92 bits per heavy atom. The first-order chi connectivity index (χ1) is 11.7. The monoisotopic (exact) mass is 341 g/mol. The first-order valence-corrected chi connectivity index (χ1v) is 7.96. The molecule has 0 fully saturated rings. The minimum atomic E-state index is -0.203. The number of fused-ring (bicyclic) bond motifs is 1. The van der Waals surface area contributed by atoms with Crippen molar-refractivity contribution in [3.8, 4) is 5.88 Å². The maximum Gasteiger partial charge on any atom is 0.252 e. The van der Waals surface area contributed by atoms with Gasteiger partial charge < -0.3 is 10.1 Å². The summed E-state index contributed by atoms with van der Waals surface area (Å²) in [6.45, 7) is 2.81. The Balaban J connectivity index is 1.79. The normalized spacial score (nSPS) is 10.6. The summed E-state index contributed by atoms with van der Waals surface area (Å²) in [5.41, 5.74) is 2.11. The highest BCUT2D eigenvalue weighted by molar-refractivity contribution is 6.30. The third-order valence-electron chi connectivity index (χ3n) is 3.47. The predicted molar refractivity (Wildman–Crippen MR) is 93.3 cm³/mol. The number of hydrogen-bond acceptors (Lipinski definition) is 4. The molecule has 0 aliphatic carbocycles. The van der Waals surface area contributed by atoms with Gasteiger partial charge in [-0.15, -0.1) is 0 Å². The Bertz CT molecular complexity index is 883. The molecule has 2 aromatic heterocycles. The van der Waals surface area contributed by atoms with E-state index in [0.717, 1.165) is 10.9 Å². The number of nitrogens with one attached hydrogen (secondary N) is 1. The topological polar surface area (TPSA) is 64.1 Å². The number of amides is 1. The Morgan fingerprint density at radius 1 is 1.25 bits per heavy atom. The van der Waals surface area contributed by atoms with Gasteiger partial charge >= 0.3 is 0 Å². The second-order valence-corrected chi connectivity index (χ2v) is 5.51. The van der Waals surface area contributed by atoms with E-state index in [1.54, 1.807) is 18.3 Å². The van der Waals surface area contributed by atoms with Crippen LogP contribution in [0.5, 0.6) is 5.88 Å². The number of ether oxygens (including phenoxy) is 1. The lowest BCUT2D eigenvalue weighted by Gasteiger charge is -2.09. The van der Waals surface area contributed by atoms with Crippen molar-refractivity contribution in [3.63, 3.8) is 0 Å². The number of aromatic nitrogens is 2. The van der Waals surface area contributed by atoms with Gasteiger partial charge in [0, 0.05) is 24.2 Å². The van der Waals surface area contributed by atoms with Gasteiger partial charge in [-0.2, -0.15) is 0 Å². The van der Waals surface area contributed by atoms with Crippen LogP contribution >= 0.6 is 11.6 Å². The zero-order valence-corrected chi connectivity index (χ0v) is 13.9. The van der Waals surface area contributed by atoms with Crippen LogP contribution in [-0.2, 0) is 6.54 Å². The van der Waals surface area contributed by atoms with Crippen molar-refractivity contribution < 1.29 is 9.53 Å². The number of nitrogens with zero attached hydrogens (tertiary/aromatic N) is 2. The molecule has 6 heteroatoms. The van der Waals surface area contributed by atoms with Gasteiger partial charge in [-0.25, -0.2) is 9.97 Å². The summed E-state index contributed by atoms with van der Waals surface area (Å²) in [6, 6.07) is 12.6. The van der Waals surface area contributed by atoms with Gasteiger partial charge in [0.05, 0.1) is 17.7 Å². The summed E-state index contributed by atoms with van der Waals surface area (Å²) in [5.74, 6) is 0.340. The quantitative estimate of drug-likeness (QED) is 0.720. The van der Waals surface area contributed by atoms with Crippen LogP contribution in [0.25, 0.3) is 10.9 Å². The summed E-state index contributed by atoms with van der Waals surface area (Å²) in [4.78, 5) is 20.9. The van der Waals surface area contributed by atoms with Crippen LogP contribution in [0, 0.1) is 0 Å². The van der Waals surface area contributed by atoms with Gasteiger partial charge in [-0.3, -0.25) is 4.79 Å². The third kappa shape index (κ3) is 3.63. The standard InChI is InChI=1S/C18H16ClN3O2/c1-2-24-17-9-12(7-8-20-17)11-21-18(23)14-10-16(19)22-15-6-4-3-5-13(14)15/h3-10H,2,11H2,1H3,(H,21,23). The van der Waals surface area contributed by atoms with Crippen LogP contribution in [0.3, 0.4) is 0 Å². The van der Waals surface area contributed by atoms with Gasteiger partial charge in [0.25, 0.3) is 5.91 Å². The molecule has 0 saturated carbocycles. The molecule has 0 atom stereocenters. The Hall–Kier alpha value is -2.66. The lowest BCUT2D eigenvalue weighted by atomic mass is 10.1. The molecule has 24 heavy (non-hydrogen) atoms. The maximum absolute atomic E-state index is 12.6. The van der Waals surface area contributed by atoms with E-state index in [9.17, 15) is 4.79 Å². The molecule has 0 aliphatic heterocycles. The Kier molecular flexibility index (Phi) is 4.91. The number of carbonyl (C=O) groups is 1. The molecule has 5 nitrogen and oxygen atoms in total. The molecule has 3 rings (SSSR count). The second-order valence-electron chi connectivity index (χ2n) is 5.13. The molecule has 0 bridgehead atoms. The number of carbonyl (C=O) groups excluding carboxylic acids is 1.